The Balaban J connectivity index is 1.59. The molecule has 0 N–H and O–H groups in total. The maximum Gasteiger partial charge on any atom is 0.194 e. The zero-order chi connectivity index (χ0) is 22.3. The summed E-state index contributed by atoms with van der Waals surface area (Å²) in [5.74, 6) is 0.389. The predicted octanol–water partition coefficient (Wildman–Crippen LogP) is 5.31. The van der Waals surface area contributed by atoms with Gasteiger partial charge in [0.1, 0.15) is 0 Å². The highest BCUT2D eigenvalue weighted by atomic mass is 16.7. The first-order chi connectivity index (χ1) is 15.3. The maximum absolute atomic E-state index is 13.7. The van der Waals surface area contributed by atoms with Crippen LogP contribution < -0.4 is 0 Å². The number of hydrogen-bond donors (Lipinski definition) is 0. The van der Waals surface area contributed by atoms with Gasteiger partial charge in [-0.2, -0.15) is 0 Å². The molecule has 0 unspecified atom stereocenters. The molecule has 2 aromatic carbocycles. The normalized spacial score (nSPS) is 31.0. The van der Waals surface area contributed by atoms with Crippen LogP contribution in [0.25, 0.3) is 0 Å². The zero-order valence-corrected chi connectivity index (χ0v) is 19.1. The minimum Gasteiger partial charge on any atom is -0.350 e. The summed E-state index contributed by atoms with van der Waals surface area (Å²) in [7, 11) is 0. The molecule has 166 valence electrons. The minimum atomic E-state index is -0.296. The SMILES string of the molecule is CC1(C)CCC[C@]2(C)[C@@H](C3OCCO3)c3ccc4c(c3C[C@@H]12)C(=O)c1ccccc1C4=O. The molecule has 3 aliphatic carbocycles. The molecule has 32 heavy (non-hydrogen) atoms. The highest BCUT2D eigenvalue weighted by molar-refractivity contribution is 6.29. The molecule has 4 nitrogen and oxygen atoms in total. The Kier molecular flexibility index (Phi) is 4.35. The number of carbonyl (C=O) groups excluding carboxylic acids is 2. The lowest BCUT2D eigenvalue weighted by molar-refractivity contribution is -0.132. The first-order valence-electron chi connectivity index (χ1n) is 11.9. The lowest BCUT2D eigenvalue weighted by Gasteiger charge is -2.58. The number of ether oxygens (including phenoxy) is 2. The van der Waals surface area contributed by atoms with Crippen LogP contribution in [0, 0.1) is 16.7 Å². The molecule has 6 rings (SSSR count). The monoisotopic (exact) mass is 430 g/mol. The summed E-state index contributed by atoms with van der Waals surface area (Å²) < 4.78 is 12.2. The number of ketones is 2. The zero-order valence-electron chi connectivity index (χ0n) is 19.1. The number of rotatable bonds is 1. The van der Waals surface area contributed by atoms with Gasteiger partial charge in [-0.25, -0.2) is 0 Å². The molecule has 1 saturated heterocycles. The standard InChI is InChI=1S/C28H30O4/c1-27(2)11-6-12-28(3)21(27)15-20-16(23(28)26-31-13-14-32-26)9-10-19-22(20)25(30)18-8-5-4-7-17(18)24(19)29/h4-5,7-10,21,23,26H,6,11-15H2,1-3H3/t21-,23+,28-/m0/s1. The third-order valence-corrected chi connectivity index (χ3v) is 8.89. The molecule has 4 aliphatic rings. The van der Waals surface area contributed by atoms with E-state index in [0.29, 0.717) is 41.4 Å². The first kappa shape index (κ1) is 20.3. The van der Waals surface area contributed by atoms with E-state index in [1.165, 1.54) is 12.8 Å². The summed E-state index contributed by atoms with van der Waals surface area (Å²) in [6, 6.07) is 11.2. The van der Waals surface area contributed by atoms with Crippen molar-refractivity contribution in [2.24, 2.45) is 16.7 Å². The third-order valence-electron chi connectivity index (χ3n) is 8.89. The smallest absolute Gasteiger partial charge is 0.194 e. The Morgan fingerprint density at radius 2 is 1.53 bits per heavy atom. The second-order valence-corrected chi connectivity index (χ2v) is 11.0. The van der Waals surface area contributed by atoms with Gasteiger partial charge in [-0.3, -0.25) is 9.59 Å². The van der Waals surface area contributed by atoms with Gasteiger partial charge < -0.3 is 9.47 Å². The van der Waals surface area contributed by atoms with Gasteiger partial charge in [-0.15, -0.1) is 0 Å². The van der Waals surface area contributed by atoms with Gasteiger partial charge in [0.25, 0.3) is 0 Å². The molecular formula is C28H30O4. The van der Waals surface area contributed by atoms with Crippen LogP contribution in [-0.4, -0.2) is 31.1 Å². The third kappa shape index (κ3) is 2.63. The Hall–Kier alpha value is -2.30. The Morgan fingerprint density at radius 3 is 2.25 bits per heavy atom. The molecular weight excluding hydrogens is 400 g/mol. The van der Waals surface area contributed by atoms with Crippen molar-refractivity contribution in [3.05, 3.63) is 69.8 Å². The van der Waals surface area contributed by atoms with E-state index in [9.17, 15) is 9.59 Å². The van der Waals surface area contributed by atoms with E-state index in [-0.39, 0.29) is 34.6 Å². The van der Waals surface area contributed by atoms with Crippen molar-refractivity contribution >= 4 is 11.6 Å². The largest absolute Gasteiger partial charge is 0.350 e. The quantitative estimate of drug-likeness (QED) is 0.525. The summed E-state index contributed by atoms with van der Waals surface area (Å²) in [6.07, 6.45) is 4.02. The number of hydrogen-bond acceptors (Lipinski definition) is 4. The lowest BCUT2D eigenvalue weighted by atomic mass is 9.47. The second kappa shape index (κ2) is 6.85. The molecule has 1 aliphatic heterocycles. The highest BCUT2D eigenvalue weighted by Crippen LogP contribution is 2.63. The van der Waals surface area contributed by atoms with E-state index >= 15 is 0 Å². The van der Waals surface area contributed by atoms with Gasteiger partial charge >= 0.3 is 0 Å². The van der Waals surface area contributed by atoms with Crippen LogP contribution in [0.1, 0.15) is 88.9 Å². The van der Waals surface area contributed by atoms with E-state index in [0.717, 1.165) is 24.0 Å². The molecule has 4 heteroatoms. The van der Waals surface area contributed by atoms with Gasteiger partial charge in [0.2, 0.25) is 0 Å². The van der Waals surface area contributed by atoms with Crippen LogP contribution in [0.15, 0.2) is 36.4 Å². The Morgan fingerprint density at radius 1 is 0.844 bits per heavy atom. The van der Waals surface area contributed by atoms with E-state index in [1.54, 1.807) is 12.1 Å². The molecule has 0 bridgehead atoms. The van der Waals surface area contributed by atoms with Crippen LogP contribution in [0.5, 0.6) is 0 Å². The van der Waals surface area contributed by atoms with Crippen LogP contribution in [0.2, 0.25) is 0 Å². The molecule has 2 aromatic rings. The minimum absolute atomic E-state index is 0.0173. The van der Waals surface area contributed by atoms with Crippen LogP contribution in [-0.2, 0) is 15.9 Å². The Bertz CT molecular complexity index is 1140. The number of fused-ring (bicyclic) bond motifs is 5. The van der Waals surface area contributed by atoms with Crippen molar-refractivity contribution in [3.63, 3.8) is 0 Å². The van der Waals surface area contributed by atoms with E-state index in [1.807, 2.05) is 18.2 Å². The van der Waals surface area contributed by atoms with Crippen molar-refractivity contribution in [2.45, 2.75) is 58.7 Å². The molecule has 3 atom stereocenters. The summed E-state index contributed by atoms with van der Waals surface area (Å²) in [5, 5.41) is 0. The Labute approximate surface area is 189 Å². The number of benzene rings is 2. The average molecular weight is 431 g/mol. The summed E-state index contributed by atoms with van der Waals surface area (Å²) in [4.78, 5) is 27.1. The topological polar surface area (TPSA) is 52.6 Å². The molecule has 0 aromatic heterocycles. The van der Waals surface area contributed by atoms with E-state index in [4.69, 9.17) is 9.47 Å². The second-order valence-electron chi connectivity index (χ2n) is 11.0. The molecule has 0 spiro atoms. The first-order valence-corrected chi connectivity index (χ1v) is 11.9. The van der Waals surface area contributed by atoms with Crippen molar-refractivity contribution in [2.75, 3.05) is 13.2 Å². The van der Waals surface area contributed by atoms with E-state index < -0.39 is 0 Å². The lowest BCUT2D eigenvalue weighted by Crippen LogP contribution is -2.52. The van der Waals surface area contributed by atoms with Gasteiger partial charge in [-0.05, 0) is 53.2 Å². The van der Waals surface area contributed by atoms with Crippen LogP contribution >= 0.6 is 0 Å². The predicted molar refractivity (Wildman–Crippen MR) is 121 cm³/mol. The molecule has 1 heterocycles. The fraction of sp³-hybridized carbons (Fsp3) is 0.500. The summed E-state index contributed by atoms with van der Waals surface area (Å²) in [6.45, 7) is 8.35. The fourth-order valence-electron chi connectivity index (χ4n) is 7.42. The van der Waals surface area contributed by atoms with Crippen LogP contribution in [0.4, 0.5) is 0 Å². The van der Waals surface area contributed by atoms with Crippen molar-refractivity contribution in [1.29, 1.82) is 0 Å². The molecule has 0 amide bonds. The summed E-state index contributed by atoms with van der Waals surface area (Å²) in [5.41, 5.74) is 4.59. The molecule has 0 radical (unpaired) electrons. The van der Waals surface area contributed by atoms with Gasteiger partial charge in [-0.1, -0.05) is 57.5 Å². The fourth-order valence-corrected chi connectivity index (χ4v) is 7.42. The average Bonchev–Trinajstić information content (AvgIpc) is 3.29. The van der Waals surface area contributed by atoms with Crippen LogP contribution in [0.3, 0.4) is 0 Å². The van der Waals surface area contributed by atoms with Gasteiger partial charge in [0.05, 0.1) is 13.2 Å². The van der Waals surface area contributed by atoms with Crippen molar-refractivity contribution < 1.29 is 19.1 Å². The molecule has 2 fully saturated rings. The van der Waals surface area contributed by atoms with Crippen molar-refractivity contribution in [3.8, 4) is 0 Å². The van der Waals surface area contributed by atoms with Gasteiger partial charge in [0.15, 0.2) is 17.9 Å². The molecule has 1 saturated carbocycles. The summed E-state index contributed by atoms with van der Waals surface area (Å²) >= 11 is 0. The maximum atomic E-state index is 13.7. The van der Waals surface area contributed by atoms with E-state index in [2.05, 4.69) is 26.8 Å². The number of carbonyl (C=O) groups is 2. The van der Waals surface area contributed by atoms with Gasteiger partial charge in [0, 0.05) is 28.2 Å². The highest BCUT2D eigenvalue weighted by Gasteiger charge is 2.57. The van der Waals surface area contributed by atoms with Crippen molar-refractivity contribution in [1.82, 2.24) is 0 Å².